The van der Waals surface area contributed by atoms with E-state index in [-0.39, 0.29) is 11.6 Å². The molecule has 0 bridgehead atoms. The van der Waals surface area contributed by atoms with Crippen molar-refractivity contribution >= 4 is 11.6 Å². The van der Waals surface area contributed by atoms with Gasteiger partial charge in [0.05, 0.1) is 0 Å². The van der Waals surface area contributed by atoms with Crippen LogP contribution in [-0.2, 0) is 4.74 Å². The molecule has 1 aromatic rings. The summed E-state index contributed by atoms with van der Waals surface area (Å²) in [5.41, 5.74) is 0.297. The Bertz CT molecular complexity index is 898. The summed E-state index contributed by atoms with van der Waals surface area (Å²) in [7, 11) is 0. The Labute approximate surface area is 207 Å². The molecule has 1 saturated heterocycles. The number of ketones is 2. The zero-order valence-corrected chi connectivity index (χ0v) is 22.4. The van der Waals surface area contributed by atoms with Gasteiger partial charge < -0.3 is 4.74 Å². The molecule has 0 spiro atoms. The van der Waals surface area contributed by atoms with Gasteiger partial charge in [-0.3, -0.25) is 9.59 Å². The molecular formula is C31H46O3. The monoisotopic (exact) mass is 470 g/mol. The summed E-state index contributed by atoms with van der Waals surface area (Å²) >= 11 is 0. The van der Waals surface area contributed by atoms with Crippen molar-refractivity contribution in [3.8, 4) is 0 Å². The first kappa shape index (κ1) is 26.9. The number of ether oxygens (including phenoxy) is 1. The van der Waals surface area contributed by atoms with E-state index in [4.69, 9.17) is 4.74 Å². The Kier molecular flexibility index (Phi) is 8.95. The molecule has 4 atom stereocenters. The third-order valence-electron chi connectivity index (χ3n) is 8.20. The number of carbonyl (C=O) groups is 2. The van der Waals surface area contributed by atoms with Crippen molar-refractivity contribution < 1.29 is 14.3 Å². The number of fused-ring (bicyclic) bond motifs is 2. The second-order valence-corrected chi connectivity index (χ2v) is 11.8. The molecule has 3 nitrogen and oxygen atoms in total. The Morgan fingerprint density at radius 1 is 0.941 bits per heavy atom. The molecule has 0 aromatic heterocycles. The quantitative estimate of drug-likeness (QED) is 0.156. The molecule has 1 aliphatic heterocycles. The zero-order chi connectivity index (χ0) is 24.9. The molecule has 0 amide bonds. The number of benzene rings is 1. The molecule has 0 radical (unpaired) electrons. The summed E-state index contributed by atoms with van der Waals surface area (Å²) in [5.74, 6) is 2.34. The summed E-state index contributed by atoms with van der Waals surface area (Å²) < 4.78 is 5.91. The van der Waals surface area contributed by atoms with E-state index in [2.05, 4.69) is 40.7 Å². The Morgan fingerprint density at radius 3 is 2.12 bits per heavy atom. The molecule has 1 fully saturated rings. The van der Waals surface area contributed by atoms with Crippen LogP contribution < -0.4 is 0 Å². The number of epoxide rings is 1. The molecule has 1 heterocycles. The van der Waals surface area contributed by atoms with Crippen LogP contribution in [0, 0.1) is 17.8 Å². The first-order valence-corrected chi connectivity index (χ1v) is 13.6. The van der Waals surface area contributed by atoms with Crippen molar-refractivity contribution in [3.63, 3.8) is 0 Å². The van der Waals surface area contributed by atoms with Gasteiger partial charge in [0.15, 0.2) is 22.8 Å². The minimum absolute atomic E-state index is 0.0405. The second-order valence-electron chi connectivity index (χ2n) is 11.8. The number of hydrogen-bond acceptors (Lipinski definition) is 3. The average molecular weight is 471 g/mol. The van der Waals surface area contributed by atoms with Gasteiger partial charge in [0.2, 0.25) is 0 Å². The fourth-order valence-corrected chi connectivity index (χ4v) is 5.63. The predicted molar refractivity (Wildman–Crippen MR) is 140 cm³/mol. The van der Waals surface area contributed by atoms with Crippen molar-refractivity contribution in [1.82, 2.24) is 0 Å². The molecule has 2 aliphatic rings. The fraction of sp³-hybridized carbons (Fsp3) is 0.677. The number of rotatable bonds is 14. The van der Waals surface area contributed by atoms with Crippen LogP contribution in [0.15, 0.2) is 35.9 Å². The minimum atomic E-state index is -1.00. The van der Waals surface area contributed by atoms with Gasteiger partial charge in [-0.05, 0) is 44.4 Å². The van der Waals surface area contributed by atoms with E-state index in [0.717, 1.165) is 24.2 Å². The van der Waals surface area contributed by atoms with Crippen molar-refractivity contribution in [2.45, 2.75) is 117 Å². The van der Waals surface area contributed by atoms with Crippen molar-refractivity contribution in [2.24, 2.45) is 17.8 Å². The molecule has 188 valence electrons. The van der Waals surface area contributed by atoms with Gasteiger partial charge in [-0.2, -0.15) is 0 Å². The van der Waals surface area contributed by atoms with E-state index in [0.29, 0.717) is 17.5 Å². The summed E-state index contributed by atoms with van der Waals surface area (Å²) in [6.45, 7) is 13.3. The maximum atomic E-state index is 13.2. The van der Waals surface area contributed by atoms with Crippen molar-refractivity contribution in [2.75, 3.05) is 0 Å². The van der Waals surface area contributed by atoms with E-state index in [1.165, 1.54) is 56.9 Å². The van der Waals surface area contributed by atoms with Crippen LogP contribution in [0.3, 0.4) is 0 Å². The van der Waals surface area contributed by atoms with Crippen LogP contribution in [0.25, 0.3) is 0 Å². The van der Waals surface area contributed by atoms with E-state index in [9.17, 15) is 9.59 Å². The summed E-state index contributed by atoms with van der Waals surface area (Å²) in [6.07, 6.45) is 14.2. The van der Waals surface area contributed by atoms with Crippen LogP contribution in [0.2, 0.25) is 0 Å². The molecule has 4 unspecified atom stereocenters. The lowest BCUT2D eigenvalue weighted by molar-refractivity contribution is 0.0847. The van der Waals surface area contributed by atoms with Gasteiger partial charge >= 0.3 is 0 Å². The van der Waals surface area contributed by atoms with Crippen LogP contribution in [0.4, 0.5) is 0 Å². The number of allylic oxidation sites excluding steroid dienone is 1. The van der Waals surface area contributed by atoms with Crippen LogP contribution in [0.1, 0.15) is 126 Å². The van der Waals surface area contributed by atoms with Gasteiger partial charge in [-0.25, -0.2) is 0 Å². The standard InChI is InChI=1S/C31H46O3/c1-22(2)12-9-13-23(3)14-10-15-24(4)16-11-17-25(5)20-21-31-29(33)27-19-8-7-18-26(27)28(32)30(31,6)34-31/h7-8,18-20,22-24H,9-17,21H2,1-6H3/b25-20+/i32+2,34+2. The number of carbonyl (C=O) groups excluding carboxylic acids is 2. The zero-order valence-electron chi connectivity index (χ0n) is 22.4. The lowest BCUT2D eigenvalue weighted by Crippen LogP contribution is -2.43. The fourth-order valence-electron chi connectivity index (χ4n) is 5.63. The summed E-state index contributed by atoms with van der Waals surface area (Å²) in [5, 5.41) is 0. The first-order valence-electron chi connectivity index (χ1n) is 13.6. The molecule has 34 heavy (non-hydrogen) atoms. The number of Topliss-reactive ketones (excluding diaryl/α,β-unsaturated/α-hetero) is 2. The normalized spacial score (nSPS) is 25.8. The highest BCUT2D eigenvalue weighted by Gasteiger charge is 2.77. The van der Waals surface area contributed by atoms with E-state index in [1.54, 1.807) is 19.1 Å². The maximum absolute atomic E-state index is 13.2. The highest BCUT2D eigenvalue weighted by molar-refractivity contribution is 6.25. The van der Waals surface area contributed by atoms with E-state index < -0.39 is 11.2 Å². The van der Waals surface area contributed by atoms with E-state index in [1.807, 2.05) is 12.1 Å². The highest BCUT2D eigenvalue weighted by atomic mass is 18.4. The largest absolute Gasteiger partial charge is 0.345 e. The Balaban J connectivity index is 1.39. The summed E-state index contributed by atoms with van der Waals surface area (Å²) in [4.78, 5) is 26.1. The first-order chi connectivity index (χ1) is 16.1. The molecular weight excluding hydrogens is 424 g/mol. The molecule has 3 heteroatoms. The third-order valence-corrected chi connectivity index (χ3v) is 8.20. The molecule has 0 saturated carbocycles. The second kappa shape index (κ2) is 11.3. The van der Waals surface area contributed by atoms with Gasteiger partial charge in [-0.15, -0.1) is 0 Å². The molecule has 1 aliphatic carbocycles. The average Bonchev–Trinajstić information content (AvgIpc) is 3.43. The van der Waals surface area contributed by atoms with Gasteiger partial charge in [-0.1, -0.05) is 109 Å². The van der Waals surface area contributed by atoms with Crippen LogP contribution in [0.5, 0.6) is 0 Å². The minimum Gasteiger partial charge on any atom is -0.345 e. The Hall–Kier alpha value is -1.74. The third kappa shape index (κ3) is 5.90. The topological polar surface area (TPSA) is 46.7 Å². The predicted octanol–water partition coefficient (Wildman–Crippen LogP) is 8.37. The van der Waals surface area contributed by atoms with Gasteiger partial charge in [0.1, 0.15) is 0 Å². The van der Waals surface area contributed by atoms with E-state index >= 15 is 0 Å². The SMILES string of the molecule is C/C(=C\CC12[18O]C1(C)C(=[18O])c1ccccc1C2=O)CCCC(C)CCCC(C)CCCC(C)C. The number of hydrogen-bond donors (Lipinski definition) is 0. The lowest BCUT2D eigenvalue weighted by atomic mass is 9.73. The smallest absolute Gasteiger partial charge is 0.199 e. The van der Waals surface area contributed by atoms with Gasteiger partial charge in [0.25, 0.3) is 0 Å². The van der Waals surface area contributed by atoms with Gasteiger partial charge in [0, 0.05) is 17.5 Å². The molecule has 1 aromatic carbocycles. The summed E-state index contributed by atoms with van der Waals surface area (Å²) in [6, 6.07) is 7.12. The maximum Gasteiger partial charge on any atom is 0.199 e. The molecule has 3 rings (SSSR count). The lowest BCUT2D eigenvalue weighted by Gasteiger charge is -2.22. The highest BCUT2D eigenvalue weighted by Crippen LogP contribution is 2.57. The van der Waals surface area contributed by atoms with Crippen molar-refractivity contribution in [1.29, 1.82) is 0 Å². The van der Waals surface area contributed by atoms with Crippen LogP contribution >= 0.6 is 0 Å². The molecule has 0 N–H and O–H groups in total. The Morgan fingerprint density at radius 2 is 1.50 bits per heavy atom. The van der Waals surface area contributed by atoms with Crippen LogP contribution in [-0.4, -0.2) is 22.8 Å². The van der Waals surface area contributed by atoms with Crippen molar-refractivity contribution in [3.05, 3.63) is 47.0 Å².